The van der Waals surface area contributed by atoms with Crippen LogP contribution in [-0.2, 0) is 14.1 Å². The van der Waals surface area contributed by atoms with E-state index < -0.39 is 33.7 Å². The molecule has 0 aliphatic heterocycles. The first-order chi connectivity index (χ1) is 12.2. The van der Waals surface area contributed by atoms with Crippen LogP contribution in [0, 0.1) is 5.82 Å². The van der Waals surface area contributed by atoms with Crippen molar-refractivity contribution >= 4 is 11.6 Å². The number of benzene rings is 1. The van der Waals surface area contributed by atoms with Crippen LogP contribution in [0.15, 0.2) is 43.6 Å². The first kappa shape index (κ1) is 17.5. The lowest BCUT2D eigenvalue weighted by Gasteiger charge is -2.10. The number of aromatic nitrogens is 5. The summed E-state index contributed by atoms with van der Waals surface area (Å²) >= 11 is 5.95. The Labute approximate surface area is 148 Å². The SMILES string of the molecule is Cn1nc(-c2c[nH]n(C)c(=O)c2=O)c(=O)n(-c2ccc(F)cc2Cl)c1=O. The first-order valence-corrected chi connectivity index (χ1v) is 7.55. The highest BCUT2D eigenvalue weighted by atomic mass is 35.5. The van der Waals surface area contributed by atoms with Gasteiger partial charge in [-0.15, -0.1) is 0 Å². The van der Waals surface area contributed by atoms with Gasteiger partial charge in [-0.3, -0.25) is 19.1 Å². The molecule has 134 valence electrons. The van der Waals surface area contributed by atoms with Gasteiger partial charge in [0.1, 0.15) is 5.82 Å². The van der Waals surface area contributed by atoms with E-state index in [-0.39, 0.29) is 16.3 Å². The molecular formula is C15H11ClFN5O4. The average molecular weight is 380 g/mol. The van der Waals surface area contributed by atoms with Gasteiger partial charge in [0, 0.05) is 20.3 Å². The van der Waals surface area contributed by atoms with E-state index in [1.165, 1.54) is 14.1 Å². The maximum atomic E-state index is 13.3. The Morgan fingerprint density at radius 3 is 2.46 bits per heavy atom. The zero-order valence-electron chi connectivity index (χ0n) is 13.5. The number of hydrogen-bond donors (Lipinski definition) is 1. The summed E-state index contributed by atoms with van der Waals surface area (Å²) in [6, 6.07) is 3.12. The van der Waals surface area contributed by atoms with Gasteiger partial charge in [0.25, 0.3) is 11.0 Å². The first-order valence-electron chi connectivity index (χ1n) is 7.17. The molecular weight excluding hydrogens is 369 g/mol. The quantitative estimate of drug-likeness (QED) is 0.618. The van der Waals surface area contributed by atoms with Gasteiger partial charge >= 0.3 is 11.2 Å². The molecule has 1 aromatic carbocycles. The van der Waals surface area contributed by atoms with E-state index in [0.717, 1.165) is 33.8 Å². The number of hydrogen-bond acceptors (Lipinski definition) is 5. The van der Waals surface area contributed by atoms with Crippen LogP contribution in [-0.4, -0.2) is 24.1 Å². The number of halogens is 2. The lowest BCUT2D eigenvalue weighted by atomic mass is 10.2. The molecule has 0 aliphatic carbocycles. The van der Waals surface area contributed by atoms with Gasteiger partial charge in [0.15, 0.2) is 5.69 Å². The highest BCUT2D eigenvalue weighted by Gasteiger charge is 2.20. The highest BCUT2D eigenvalue weighted by Crippen LogP contribution is 2.19. The summed E-state index contributed by atoms with van der Waals surface area (Å²) in [5.41, 5.74) is -4.50. The van der Waals surface area contributed by atoms with E-state index in [1.807, 2.05) is 0 Å². The highest BCUT2D eigenvalue weighted by molar-refractivity contribution is 6.32. The van der Waals surface area contributed by atoms with Gasteiger partial charge in [-0.05, 0) is 18.2 Å². The van der Waals surface area contributed by atoms with Gasteiger partial charge in [-0.25, -0.2) is 18.4 Å². The molecule has 3 rings (SSSR count). The van der Waals surface area contributed by atoms with Crippen LogP contribution in [0.3, 0.4) is 0 Å². The summed E-state index contributed by atoms with van der Waals surface area (Å²) < 4.78 is 15.7. The summed E-state index contributed by atoms with van der Waals surface area (Å²) in [4.78, 5) is 49.2. The summed E-state index contributed by atoms with van der Waals surface area (Å²) in [7, 11) is 2.59. The van der Waals surface area contributed by atoms with Gasteiger partial charge in [-0.1, -0.05) is 11.6 Å². The Hall–Kier alpha value is -3.27. The zero-order chi connectivity index (χ0) is 19.2. The van der Waals surface area contributed by atoms with E-state index in [9.17, 15) is 23.6 Å². The van der Waals surface area contributed by atoms with E-state index in [0.29, 0.717) is 4.57 Å². The maximum absolute atomic E-state index is 13.3. The second-order valence-electron chi connectivity index (χ2n) is 5.37. The molecule has 0 saturated heterocycles. The van der Waals surface area contributed by atoms with Crippen molar-refractivity contribution in [2.45, 2.75) is 0 Å². The Balaban J connectivity index is 2.43. The zero-order valence-corrected chi connectivity index (χ0v) is 14.2. The van der Waals surface area contributed by atoms with Crippen LogP contribution < -0.4 is 22.2 Å². The molecule has 0 fully saturated rings. The Bertz CT molecular complexity index is 1270. The normalized spacial score (nSPS) is 10.9. The molecule has 0 unspecified atom stereocenters. The molecule has 0 amide bonds. The average Bonchev–Trinajstić information content (AvgIpc) is 2.58. The van der Waals surface area contributed by atoms with Crippen molar-refractivity contribution in [2.75, 3.05) is 0 Å². The van der Waals surface area contributed by atoms with Crippen LogP contribution >= 0.6 is 11.6 Å². The third-order valence-corrected chi connectivity index (χ3v) is 3.98. The van der Waals surface area contributed by atoms with Crippen molar-refractivity contribution in [1.29, 1.82) is 0 Å². The molecule has 0 spiro atoms. The number of aryl methyl sites for hydroxylation is 2. The van der Waals surface area contributed by atoms with Crippen LogP contribution in [0.4, 0.5) is 4.39 Å². The van der Waals surface area contributed by atoms with Crippen LogP contribution in [0.25, 0.3) is 16.9 Å². The molecule has 9 nitrogen and oxygen atoms in total. The van der Waals surface area contributed by atoms with Crippen molar-refractivity contribution in [1.82, 2.24) is 24.1 Å². The molecule has 2 aromatic heterocycles. The van der Waals surface area contributed by atoms with E-state index in [1.54, 1.807) is 0 Å². The second kappa shape index (κ2) is 6.23. The Morgan fingerprint density at radius 2 is 1.81 bits per heavy atom. The minimum Gasteiger partial charge on any atom is -0.302 e. The Kier molecular flexibility index (Phi) is 4.20. The Morgan fingerprint density at radius 1 is 1.12 bits per heavy atom. The fourth-order valence-corrected chi connectivity index (χ4v) is 2.60. The topological polar surface area (TPSA) is 112 Å². The molecule has 0 atom stereocenters. The van der Waals surface area contributed by atoms with Crippen molar-refractivity contribution in [3.63, 3.8) is 0 Å². The predicted molar refractivity (Wildman–Crippen MR) is 91.3 cm³/mol. The molecule has 11 heteroatoms. The number of rotatable bonds is 2. The van der Waals surface area contributed by atoms with Gasteiger partial charge in [0.2, 0.25) is 0 Å². The lowest BCUT2D eigenvalue weighted by Crippen LogP contribution is -2.42. The number of nitrogens with zero attached hydrogens (tertiary/aromatic N) is 4. The van der Waals surface area contributed by atoms with Gasteiger partial charge in [0.05, 0.1) is 16.3 Å². The summed E-state index contributed by atoms with van der Waals surface area (Å²) in [5, 5.41) is 6.11. The van der Waals surface area contributed by atoms with Gasteiger partial charge < -0.3 is 5.10 Å². The predicted octanol–water partition coefficient (Wildman–Crippen LogP) is -0.222. The van der Waals surface area contributed by atoms with Crippen molar-refractivity contribution in [2.24, 2.45) is 14.1 Å². The molecule has 0 aliphatic rings. The molecule has 0 radical (unpaired) electrons. The molecule has 0 bridgehead atoms. The standard InChI is InChI=1S/C15H11ClFN5O4/c1-20-14(25)12(23)8(6-18-20)11-13(24)22(15(26)21(2)19-11)10-4-3-7(17)5-9(10)16/h3-6,18H,1-2H3. The fraction of sp³-hybridized carbons (Fsp3) is 0.133. The van der Waals surface area contributed by atoms with Crippen LogP contribution in [0.2, 0.25) is 5.02 Å². The van der Waals surface area contributed by atoms with Gasteiger partial charge in [-0.2, -0.15) is 5.10 Å². The van der Waals surface area contributed by atoms with E-state index >= 15 is 0 Å². The van der Waals surface area contributed by atoms with Crippen molar-refractivity contribution < 1.29 is 4.39 Å². The number of nitrogens with one attached hydrogen (secondary N) is 1. The number of aromatic amines is 1. The fourth-order valence-electron chi connectivity index (χ4n) is 2.35. The molecule has 3 aromatic rings. The minimum absolute atomic E-state index is 0.0809. The second-order valence-corrected chi connectivity index (χ2v) is 5.78. The maximum Gasteiger partial charge on any atom is 0.351 e. The largest absolute Gasteiger partial charge is 0.351 e. The third-order valence-electron chi connectivity index (χ3n) is 3.68. The van der Waals surface area contributed by atoms with Crippen LogP contribution in [0.1, 0.15) is 0 Å². The lowest BCUT2D eigenvalue weighted by molar-refractivity contribution is 0.622. The van der Waals surface area contributed by atoms with E-state index in [2.05, 4.69) is 10.2 Å². The molecule has 1 N–H and O–H groups in total. The van der Waals surface area contributed by atoms with Crippen LogP contribution in [0.5, 0.6) is 0 Å². The molecule has 0 saturated carbocycles. The van der Waals surface area contributed by atoms with Crippen molar-refractivity contribution in [3.8, 4) is 16.9 Å². The van der Waals surface area contributed by atoms with E-state index in [4.69, 9.17) is 11.6 Å². The third kappa shape index (κ3) is 2.69. The monoisotopic (exact) mass is 379 g/mol. The summed E-state index contributed by atoms with van der Waals surface area (Å²) in [5.74, 6) is -0.652. The number of H-pyrrole nitrogens is 1. The van der Waals surface area contributed by atoms with Crippen molar-refractivity contribution in [3.05, 3.63) is 76.7 Å². The summed E-state index contributed by atoms with van der Waals surface area (Å²) in [6.45, 7) is 0. The smallest absolute Gasteiger partial charge is 0.302 e. The molecule has 2 heterocycles. The summed E-state index contributed by atoms with van der Waals surface area (Å²) in [6.07, 6.45) is 1.13. The minimum atomic E-state index is -0.972. The molecule has 26 heavy (non-hydrogen) atoms.